The van der Waals surface area contributed by atoms with Gasteiger partial charge in [0.15, 0.2) is 0 Å². The Bertz CT molecular complexity index is 721. The highest BCUT2D eigenvalue weighted by atomic mass is 19.1. The lowest BCUT2D eigenvalue weighted by Crippen LogP contribution is -2.37. The van der Waals surface area contributed by atoms with Gasteiger partial charge in [-0.3, -0.25) is 9.59 Å². The fourth-order valence-corrected chi connectivity index (χ4v) is 2.45. The number of aryl methyl sites for hydroxylation is 2. The molecule has 2 rings (SSSR count). The molecule has 4 nitrogen and oxygen atoms in total. The minimum Gasteiger partial charge on any atom is -0.343 e. The summed E-state index contributed by atoms with van der Waals surface area (Å²) in [5.41, 5.74) is 3.37. The molecule has 5 heteroatoms. The van der Waals surface area contributed by atoms with Gasteiger partial charge in [0.05, 0.1) is 6.54 Å². The average molecular weight is 328 g/mol. The van der Waals surface area contributed by atoms with E-state index in [0.717, 1.165) is 16.7 Å². The molecule has 1 N–H and O–H groups in total. The maximum atomic E-state index is 12.9. The number of benzene rings is 2. The molecule has 2 aromatic rings. The van der Waals surface area contributed by atoms with Crippen molar-refractivity contribution < 1.29 is 14.0 Å². The van der Waals surface area contributed by atoms with Crippen molar-refractivity contribution in [1.29, 1.82) is 0 Å². The molecule has 0 fully saturated rings. The third-order valence-corrected chi connectivity index (χ3v) is 3.64. The lowest BCUT2D eigenvalue weighted by molar-refractivity contribution is -0.129. The summed E-state index contributed by atoms with van der Waals surface area (Å²) in [5.74, 6) is -0.796. The van der Waals surface area contributed by atoms with Crippen LogP contribution in [0.4, 0.5) is 4.39 Å². The first-order valence-corrected chi connectivity index (χ1v) is 7.70. The third kappa shape index (κ3) is 4.91. The van der Waals surface area contributed by atoms with E-state index in [4.69, 9.17) is 0 Å². The average Bonchev–Trinajstić information content (AvgIpc) is 2.53. The van der Waals surface area contributed by atoms with Crippen LogP contribution in [0.2, 0.25) is 0 Å². The maximum absolute atomic E-state index is 12.9. The lowest BCUT2D eigenvalue weighted by atomic mass is 10.1. The molecule has 0 aliphatic rings. The number of nitrogens with one attached hydrogen (secondary N) is 1. The fourth-order valence-electron chi connectivity index (χ4n) is 2.45. The molecule has 0 saturated carbocycles. The van der Waals surface area contributed by atoms with Crippen LogP contribution in [0.1, 0.15) is 27.0 Å². The van der Waals surface area contributed by atoms with Gasteiger partial charge >= 0.3 is 0 Å². The summed E-state index contributed by atoms with van der Waals surface area (Å²) in [7, 11) is 1.65. The minimum atomic E-state index is -0.312. The van der Waals surface area contributed by atoms with Crippen molar-refractivity contribution in [1.82, 2.24) is 10.2 Å². The highest BCUT2D eigenvalue weighted by Gasteiger charge is 2.12. The van der Waals surface area contributed by atoms with E-state index >= 15 is 0 Å². The Labute approximate surface area is 141 Å². The van der Waals surface area contributed by atoms with Crippen LogP contribution in [-0.4, -0.2) is 30.3 Å². The van der Waals surface area contributed by atoms with Gasteiger partial charge in [-0.2, -0.15) is 0 Å². The summed E-state index contributed by atoms with van der Waals surface area (Å²) in [6, 6.07) is 11.5. The van der Waals surface area contributed by atoms with Crippen molar-refractivity contribution in [3.8, 4) is 0 Å². The van der Waals surface area contributed by atoms with E-state index in [9.17, 15) is 14.0 Å². The van der Waals surface area contributed by atoms with E-state index in [0.29, 0.717) is 12.1 Å². The van der Waals surface area contributed by atoms with E-state index in [1.54, 1.807) is 31.3 Å². The molecule has 0 bridgehead atoms. The number of hydrogen-bond acceptors (Lipinski definition) is 2. The van der Waals surface area contributed by atoms with E-state index in [2.05, 4.69) is 5.32 Å². The second kappa shape index (κ2) is 7.73. The van der Waals surface area contributed by atoms with Gasteiger partial charge < -0.3 is 10.2 Å². The Hall–Kier alpha value is -2.69. The van der Waals surface area contributed by atoms with Gasteiger partial charge in [-0.15, -0.1) is 0 Å². The van der Waals surface area contributed by atoms with Crippen LogP contribution in [-0.2, 0) is 11.3 Å². The van der Waals surface area contributed by atoms with Crippen molar-refractivity contribution in [2.45, 2.75) is 20.4 Å². The molecule has 2 amide bonds. The molecule has 0 saturated heterocycles. The first-order chi connectivity index (χ1) is 11.3. The van der Waals surface area contributed by atoms with Gasteiger partial charge in [0, 0.05) is 19.2 Å². The van der Waals surface area contributed by atoms with Crippen LogP contribution >= 0.6 is 0 Å². The molecule has 0 unspecified atom stereocenters. The summed E-state index contributed by atoms with van der Waals surface area (Å²) in [4.78, 5) is 25.8. The first-order valence-electron chi connectivity index (χ1n) is 7.70. The lowest BCUT2D eigenvalue weighted by Gasteiger charge is -2.17. The van der Waals surface area contributed by atoms with Crippen molar-refractivity contribution >= 4 is 11.8 Å². The standard InChI is InChI=1S/C19H21FN2O2/c1-13-8-14(2)10-16(9-13)19(24)21-11-18(23)22(3)12-15-4-6-17(20)7-5-15/h4-10H,11-12H2,1-3H3,(H,21,24). The van der Waals surface area contributed by atoms with Gasteiger partial charge in [-0.25, -0.2) is 4.39 Å². The molecule has 126 valence electrons. The van der Waals surface area contributed by atoms with Crippen LogP contribution in [0.5, 0.6) is 0 Å². The fraction of sp³-hybridized carbons (Fsp3) is 0.263. The number of carbonyl (C=O) groups is 2. The van der Waals surface area contributed by atoms with Crippen LogP contribution in [0.15, 0.2) is 42.5 Å². The molecule has 0 aromatic heterocycles. The Balaban J connectivity index is 1.89. The highest BCUT2D eigenvalue weighted by Crippen LogP contribution is 2.09. The quantitative estimate of drug-likeness (QED) is 0.917. The zero-order valence-electron chi connectivity index (χ0n) is 14.1. The highest BCUT2D eigenvalue weighted by molar-refractivity contribution is 5.96. The summed E-state index contributed by atoms with van der Waals surface area (Å²) >= 11 is 0. The number of nitrogens with zero attached hydrogens (tertiary/aromatic N) is 1. The molecule has 0 radical (unpaired) electrons. The molecule has 0 aliphatic heterocycles. The van der Waals surface area contributed by atoms with Crippen LogP contribution in [0, 0.1) is 19.7 Å². The zero-order chi connectivity index (χ0) is 17.7. The number of rotatable bonds is 5. The molecule has 0 atom stereocenters. The van der Waals surface area contributed by atoms with Gasteiger partial charge in [0.1, 0.15) is 5.82 Å². The van der Waals surface area contributed by atoms with Crippen LogP contribution in [0.25, 0.3) is 0 Å². The summed E-state index contributed by atoms with van der Waals surface area (Å²) < 4.78 is 12.9. The number of likely N-dealkylation sites (N-methyl/N-ethyl adjacent to an activating group) is 1. The van der Waals surface area contributed by atoms with Gasteiger partial charge in [-0.05, 0) is 43.7 Å². The number of amides is 2. The van der Waals surface area contributed by atoms with Gasteiger partial charge in [-0.1, -0.05) is 29.3 Å². The molecule has 24 heavy (non-hydrogen) atoms. The number of carbonyl (C=O) groups excluding carboxylic acids is 2. The molecule has 0 heterocycles. The smallest absolute Gasteiger partial charge is 0.251 e. The third-order valence-electron chi connectivity index (χ3n) is 3.64. The second-order valence-electron chi connectivity index (χ2n) is 5.94. The zero-order valence-corrected chi connectivity index (χ0v) is 14.1. The Morgan fingerprint density at radius 3 is 2.21 bits per heavy atom. The maximum Gasteiger partial charge on any atom is 0.251 e. The predicted octanol–water partition coefficient (Wildman–Crippen LogP) is 2.83. The second-order valence-corrected chi connectivity index (χ2v) is 5.94. The van der Waals surface area contributed by atoms with Gasteiger partial charge in [0.2, 0.25) is 5.91 Å². The summed E-state index contributed by atoms with van der Waals surface area (Å²) in [5, 5.41) is 2.64. The summed E-state index contributed by atoms with van der Waals surface area (Å²) in [6.45, 7) is 4.12. The number of hydrogen-bond donors (Lipinski definition) is 1. The van der Waals surface area contributed by atoms with E-state index in [-0.39, 0.29) is 24.2 Å². The SMILES string of the molecule is Cc1cc(C)cc(C(=O)NCC(=O)N(C)Cc2ccc(F)cc2)c1. The minimum absolute atomic E-state index is 0.0798. The van der Waals surface area contributed by atoms with E-state index in [1.807, 2.05) is 19.9 Å². The van der Waals surface area contributed by atoms with Gasteiger partial charge in [0.25, 0.3) is 5.91 Å². The Morgan fingerprint density at radius 1 is 1.04 bits per heavy atom. The molecular formula is C19H21FN2O2. The van der Waals surface area contributed by atoms with Crippen LogP contribution < -0.4 is 5.32 Å². The van der Waals surface area contributed by atoms with Crippen molar-refractivity contribution in [3.63, 3.8) is 0 Å². The van der Waals surface area contributed by atoms with Crippen molar-refractivity contribution in [3.05, 3.63) is 70.5 Å². The number of halogens is 1. The van der Waals surface area contributed by atoms with Crippen molar-refractivity contribution in [2.24, 2.45) is 0 Å². The Morgan fingerprint density at radius 2 is 1.62 bits per heavy atom. The first kappa shape index (κ1) is 17.7. The van der Waals surface area contributed by atoms with Crippen LogP contribution in [0.3, 0.4) is 0 Å². The molecule has 2 aromatic carbocycles. The predicted molar refractivity (Wildman–Crippen MR) is 91.1 cm³/mol. The van der Waals surface area contributed by atoms with Crippen molar-refractivity contribution in [2.75, 3.05) is 13.6 Å². The Kier molecular flexibility index (Phi) is 5.68. The molecular weight excluding hydrogens is 307 g/mol. The summed E-state index contributed by atoms with van der Waals surface area (Å²) in [6.07, 6.45) is 0. The molecule has 0 aliphatic carbocycles. The largest absolute Gasteiger partial charge is 0.343 e. The van der Waals surface area contributed by atoms with E-state index in [1.165, 1.54) is 17.0 Å². The normalized spacial score (nSPS) is 10.3. The topological polar surface area (TPSA) is 49.4 Å². The molecule has 0 spiro atoms. The van der Waals surface area contributed by atoms with E-state index < -0.39 is 0 Å². The monoisotopic (exact) mass is 328 g/mol.